The zero-order valence-electron chi connectivity index (χ0n) is 10.5. The zero-order valence-corrected chi connectivity index (χ0v) is 12.1. The number of carbonyl (C=O) groups excluding carboxylic acids is 1. The van der Waals surface area contributed by atoms with Crippen LogP contribution >= 0.6 is 15.9 Å². The van der Waals surface area contributed by atoms with Crippen LogP contribution in [0, 0.1) is 0 Å². The van der Waals surface area contributed by atoms with E-state index in [9.17, 15) is 9.90 Å². The maximum absolute atomic E-state index is 12.1. The number of carbonyl (C=O) groups is 1. The van der Waals surface area contributed by atoms with Gasteiger partial charge < -0.3 is 10.4 Å². The lowest BCUT2D eigenvalue weighted by molar-refractivity contribution is 0.102. The molecular formula is C15H14BrNO2. The molecule has 2 aromatic rings. The van der Waals surface area contributed by atoms with Crippen LogP contribution in [0.5, 0.6) is 5.75 Å². The summed E-state index contributed by atoms with van der Waals surface area (Å²) in [7, 11) is 0. The molecule has 0 atom stereocenters. The number of amides is 1. The maximum Gasteiger partial charge on any atom is 0.255 e. The Balaban J connectivity index is 2.23. The number of nitrogens with one attached hydrogen (secondary N) is 1. The van der Waals surface area contributed by atoms with Crippen LogP contribution in [0.25, 0.3) is 0 Å². The van der Waals surface area contributed by atoms with Crippen molar-refractivity contribution in [3.8, 4) is 5.75 Å². The summed E-state index contributed by atoms with van der Waals surface area (Å²) in [5.41, 5.74) is 2.31. The molecule has 1 amide bonds. The summed E-state index contributed by atoms with van der Waals surface area (Å²) in [6.07, 6.45) is 0.849. The SMILES string of the molecule is CCc1ccccc1NC(=O)c1ccc(Br)c(O)c1. The Bertz CT molecular complexity index is 611. The molecule has 2 rings (SSSR count). The number of rotatable bonds is 3. The fourth-order valence-electron chi connectivity index (χ4n) is 1.80. The average molecular weight is 320 g/mol. The normalized spacial score (nSPS) is 10.2. The van der Waals surface area contributed by atoms with Crippen LogP contribution in [0.2, 0.25) is 0 Å². The van der Waals surface area contributed by atoms with Crippen LogP contribution in [0.15, 0.2) is 46.9 Å². The second kappa shape index (κ2) is 5.89. The predicted molar refractivity (Wildman–Crippen MR) is 79.6 cm³/mol. The van der Waals surface area contributed by atoms with Gasteiger partial charge in [0, 0.05) is 11.3 Å². The highest BCUT2D eigenvalue weighted by Crippen LogP contribution is 2.25. The van der Waals surface area contributed by atoms with E-state index in [1.807, 2.05) is 31.2 Å². The lowest BCUT2D eigenvalue weighted by Crippen LogP contribution is -2.13. The van der Waals surface area contributed by atoms with Crippen LogP contribution in [0.4, 0.5) is 5.69 Å². The van der Waals surface area contributed by atoms with Gasteiger partial charge in [0.15, 0.2) is 0 Å². The number of hydrogen-bond donors (Lipinski definition) is 2. The largest absolute Gasteiger partial charge is 0.507 e. The van der Waals surface area contributed by atoms with E-state index < -0.39 is 0 Å². The van der Waals surface area contributed by atoms with Crippen molar-refractivity contribution in [2.24, 2.45) is 0 Å². The summed E-state index contributed by atoms with van der Waals surface area (Å²) in [6.45, 7) is 2.04. The molecule has 2 aromatic carbocycles. The number of halogens is 1. The van der Waals surface area contributed by atoms with E-state index >= 15 is 0 Å². The first-order chi connectivity index (χ1) is 9.11. The van der Waals surface area contributed by atoms with E-state index in [4.69, 9.17) is 0 Å². The molecule has 0 radical (unpaired) electrons. The molecule has 4 heteroatoms. The zero-order chi connectivity index (χ0) is 13.8. The monoisotopic (exact) mass is 319 g/mol. The van der Waals surface area contributed by atoms with Crippen LogP contribution in [0.3, 0.4) is 0 Å². The summed E-state index contributed by atoms with van der Waals surface area (Å²) in [5.74, 6) is -0.180. The summed E-state index contributed by atoms with van der Waals surface area (Å²) >= 11 is 3.19. The van der Waals surface area contributed by atoms with Gasteiger partial charge in [0.1, 0.15) is 5.75 Å². The third-order valence-corrected chi connectivity index (χ3v) is 3.53. The van der Waals surface area contributed by atoms with Gasteiger partial charge in [-0.05, 0) is 52.2 Å². The fourth-order valence-corrected chi connectivity index (χ4v) is 2.05. The first-order valence-electron chi connectivity index (χ1n) is 5.99. The van der Waals surface area contributed by atoms with Crippen molar-refractivity contribution < 1.29 is 9.90 Å². The molecule has 0 aliphatic rings. The van der Waals surface area contributed by atoms with Crippen molar-refractivity contribution in [3.63, 3.8) is 0 Å². The number of phenolic OH excluding ortho intramolecular Hbond substituents is 1. The van der Waals surface area contributed by atoms with Crippen molar-refractivity contribution in [1.29, 1.82) is 0 Å². The van der Waals surface area contributed by atoms with E-state index in [1.54, 1.807) is 12.1 Å². The number of aryl methyl sites for hydroxylation is 1. The van der Waals surface area contributed by atoms with Gasteiger partial charge in [-0.2, -0.15) is 0 Å². The van der Waals surface area contributed by atoms with E-state index in [0.717, 1.165) is 17.7 Å². The molecule has 19 heavy (non-hydrogen) atoms. The smallest absolute Gasteiger partial charge is 0.255 e. The number of hydrogen-bond acceptors (Lipinski definition) is 2. The molecule has 0 unspecified atom stereocenters. The van der Waals surface area contributed by atoms with Gasteiger partial charge in [-0.15, -0.1) is 0 Å². The van der Waals surface area contributed by atoms with Gasteiger partial charge in [-0.3, -0.25) is 4.79 Å². The highest BCUT2D eigenvalue weighted by molar-refractivity contribution is 9.10. The molecule has 0 aliphatic heterocycles. The molecule has 0 bridgehead atoms. The first kappa shape index (κ1) is 13.6. The van der Waals surface area contributed by atoms with Gasteiger partial charge in [-0.25, -0.2) is 0 Å². The maximum atomic E-state index is 12.1. The third-order valence-electron chi connectivity index (χ3n) is 2.85. The van der Waals surface area contributed by atoms with Crippen LogP contribution < -0.4 is 5.32 Å². The topological polar surface area (TPSA) is 49.3 Å². The van der Waals surface area contributed by atoms with Crippen molar-refractivity contribution in [1.82, 2.24) is 0 Å². The average Bonchev–Trinajstić information content (AvgIpc) is 2.42. The highest BCUT2D eigenvalue weighted by Gasteiger charge is 2.10. The molecular weight excluding hydrogens is 306 g/mol. The van der Waals surface area contributed by atoms with Gasteiger partial charge in [0.05, 0.1) is 4.47 Å². The lowest BCUT2D eigenvalue weighted by atomic mass is 10.1. The Kier molecular flexibility index (Phi) is 4.22. The first-order valence-corrected chi connectivity index (χ1v) is 6.79. The summed E-state index contributed by atoms with van der Waals surface area (Å²) in [6, 6.07) is 12.4. The minimum atomic E-state index is -0.233. The minimum Gasteiger partial charge on any atom is -0.507 e. The fraction of sp³-hybridized carbons (Fsp3) is 0.133. The molecule has 0 heterocycles. The molecule has 0 saturated carbocycles. The Morgan fingerprint density at radius 3 is 2.68 bits per heavy atom. The van der Waals surface area contributed by atoms with Crippen LogP contribution in [-0.4, -0.2) is 11.0 Å². The Hall–Kier alpha value is -1.81. The number of para-hydroxylation sites is 1. The molecule has 98 valence electrons. The number of aromatic hydroxyl groups is 1. The van der Waals surface area contributed by atoms with Gasteiger partial charge >= 0.3 is 0 Å². The molecule has 0 aliphatic carbocycles. The number of benzene rings is 2. The quantitative estimate of drug-likeness (QED) is 0.899. The van der Waals surface area contributed by atoms with Crippen molar-refractivity contribution in [2.75, 3.05) is 5.32 Å². The van der Waals surface area contributed by atoms with Gasteiger partial charge in [-0.1, -0.05) is 25.1 Å². The summed E-state index contributed by atoms with van der Waals surface area (Å²) < 4.78 is 0.568. The second-order valence-corrected chi connectivity index (χ2v) is 4.99. The Morgan fingerprint density at radius 1 is 1.26 bits per heavy atom. The predicted octanol–water partition coefficient (Wildman–Crippen LogP) is 3.97. The van der Waals surface area contributed by atoms with E-state index in [-0.39, 0.29) is 11.7 Å². The Labute approximate surface area is 120 Å². The van der Waals surface area contributed by atoms with E-state index in [0.29, 0.717) is 10.0 Å². The standard InChI is InChI=1S/C15H14BrNO2/c1-2-10-5-3-4-6-13(10)17-15(19)11-7-8-12(16)14(18)9-11/h3-9,18H,2H2,1H3,(H,17,19). The third kappa shape index (κ3) is 3.15. The summed E-state index contributed by atoms with van der Waals surface area (Å²) in [4.78, 5) is 12.1. The van der Waals surface area contributed by atoms with E-state index in [1.165, 1.54) is 6.07 Å². The minimum absolute atomic E-state index is 0.0522. The van der Waals surface area contributed by atoms with Gasteiger partial charge in [0.2, 0.25) is 0 Å². The second-order valence-electron chi connectivity index (χ2n) is 4.13. The van der Waals surface area contributed by atoms with Crippen molar-refractivity contribution >= 4 is 27.5 Å². The number of anilines is 1. The lowest BCUT2D eigenvalue weighted by Gasteiger charge is -2.10. The Morgan fingerprint density at radius 2 is 2.00 bits per heavy atom. The number of phenols is 1. The molecule has 2 N–H and O–H groups in total. The van der Waals surface area contributed by atoms with Crippen molar-refractivity contribution in [3.05, 3.63) is 58.1 Å². The van der Waals surface area contributed by atoms with Crippen molar-refractivity contribution in [2.45, 2.75) is 13.3 Å². The summed E-state index contributed by atoms with van der Waals surface area (Å²) in [5, 5.41) is 12.4. The molecule has 0 spiro atoms. The van der Waals surface area contributed by atoms with E-state index in [2.05, 4.69) is 21.2 Å². The molecule has 0 aromatic heterocycles. The highest BCUT2D eigenvalue weighted by atomic mass is 79.9. The van der Waals surface area contributed by atoms with Gasteiger partial charge in [0.25, 0.3) is 5.91 Å². The van der Waals surface area contributed by atoms with Crippen LogP contribution in [0.1, 0.15) is 22.8 Å². The molecule has 3 nitrogen and oxygen atoms in total. The molecule has 0 saturated heterocycles. The molecule has 0 fully saturated rings. The van der Waals surface area contributed by atoms with Crippen LogP contribution in [-0.2, 0) is 6.42 Å².